The molecule has 0 saturated carbocycles. The molecule has 106 valence electrons. The molecule has 0 bridgehead atoms. The van der Waals surface area contributed by atoms with Gasteiger partial charge in [-0.25, -0.2) is 15.8 Å². The Labute approximate surface area is 121 Å². The summed E-state index contributed by atoms with van der Waals surface area (Å²) in [6.07, 6.45) is 3.77. The smallest absolute Gasteiger partial charge is 0.222 e. The van der Waals surface area contributed by atoms with Crippen LogP contribution in [0.25, 0.3) is 10.2 Å². The van der Waals surface area contributed by atoms with E-state index in [1.54, 1.807) is 11.3 Å². The predicted molar refractivity (Wildman–Crippen MR) is 79.1 cm³/mol. The summed E-state index contributed by atoms with van der Waals surface area (Å²) < 4.78 is 0. The number of carbonyl (C=O) groups excluding carboxylic acids is 1. The number of amides is 1. The minimum absolute atomic E-state index is 0.194. The third kappa shape index (κ3) is 2.59. The molecular weight excluding hydrogens is 274 g/mol. The Balaban J connectivity index is 1.87. The lowest BCUT2D eigenvalue weighted by atomic mass is 10.2. The van der Waals surface area contributed by atoms with E-state index in [0.717, 1.165) is 36.0 Å². The molecule has 2 aromatic heterocycles. The molecule has 1 aliphatic rings. The van der Waals surface area contributed by atoms with E-state index >= 15 is 0 Å². The van der Waals surface area contributed by atoms with Crippen molar-refractivity contribution in [2.75, 3.05) is 12.0 Å². The maximum absolute atomic E-state index is 12.0. The van der Waals surface area contributed by atoms with Crippen molar-refractivity contribution in [2.24, 2.45) is 5.84 Å². The maximum Gasteiger partial charge on any atom is 0.222 e. The molecule has 0 atom stereocenters. The second-order valence-corrected chi connectivity index (χ2v) is 5.79. The van der Waals surface area contributed by atoms with Crippen molar-refractivity contribution < 1.29 is 4.79 Å². The first-order valence-electron chi connectivity index (χ1n) is 6.76. The minimum Gasteiger partial charge on any atom is -0.335 e. The summed E-state index contributed by atoms with van der Waals surface area (Å²) in [5.74, 6) is 6.97. The molecule has 1 fully saturated rings. The van der Waals surface area contributed by atoms with Crippen molar-refractivity contribution in [1.29, 1.82) is 0 Å². The van der Waals surface area contributed by atoms with E-state index in [1.807, 2.05) is 16.3 Å². The molecule has 6 nitrogen and oxygen atoms in total. The van der Waals surface area contributed by atoms with E-state index in [2.05, 4.69) is 15.4 Å². The van der Waals surface area contributed by atoms with E-state index in [4.69, 9.17) is 5.84 Å². The Morgan fingerprint density at radius 3 is 3.10 bits per heavy atom. The van der Waals surface area contributed by atoms with Gasteiger partial charge in [0.2, 0.25) is 5.91 Å². The summed E-state index contributed by atoms with van der Waals surface area (Å²) in [4.78, 5) is 23.7. The first-order chi connectivity index (χ1) is 9.78. The number of thiophene rings is 1. The van der Waals surface area contributed by atoms with Crippen LogP contribution in [0.15, 0.2) is 11.4 Å². The molecule has 2 aromatic rings. The molecule has 3 rings (SSSR count). The summed E-state index contributed by atoms with van der Waals surface area (Å²) in [5, 5.41) is 2.88. The van der Waals surface area contributed by atoms with Gasteiger partial charge < -0.3 is 10.3 Å². The number of carbonyl (C=O) groups is 1. The Kier molecular flexibility index (Phi) is 3.79. The Morgan fingerprint density at radius 2 is 2.25 bits per heavy atom. The molecule has 1 saturated heterocycles. The van der Waals surface area contributed by atoms with E-state index in [1.165, 1.54) is 0 Å². The number of nitrogens with two attached hydrogens (primary N) is 1. The number of fused-ring (bicyclic) bond motifs is 1. The number of anilines is 1. The molecular formula is C13H17N5OS. The highest BCUT2D eigenvalue weighted by molar-refractivity contribution is 7.16. The number of hydrogen-bond donors (Lipinski definition) is 2. The van der Waals surface area contributed by atoms with Crippen LogP contribution in [-0.2, 0) is 11.3 Å². The number of rotatable bonds is 3. The second kappa shape index (κ2) is 5.72. The van der Waals surface area contributed by atoms with Crippen LogP contribution >= 0.6 is 11.3 Å². The molecule has 1 amide bonds. The lowest BCUT2D eigenvalue weighted by Gasteiger charge is -2.19. The molecule has 20 heavy (non-hydrogen) atoms. The van der Waals surface area contributed by atoms with Crippen LogP contribution in [0.5, 0.6) is 0 Å². The summed E-state index contributed by atoms with van der Waals surface area (Å²) >= 11 is 1.55. The maximum atomic E-state index is 12.0. The fraction of sp³-hybridized carbons (Fsp3) is 0.462. The third-order valence-corrected chi connectivity index (χ3v) is 4.32. The summed E-state index contributed by atoms with van der Waals surface area (Å²) in [7, 11) is 0. The topological polar surface area (TPSA) is 84.1 Å². The zero-order chi connectivity index (χ0) is 13.9. The van der Waals surface area contributed by atoms with Crippen molar-refractivity contribution in [3.8, 4) is 0 Å². The molecule has 3 N–H and O–H groups in total. The molecule has 0 aromatic carbocycles. The highest BCUT2D eigenvalue weighted by Crippen LogP contribution is 2.25. The van der Waals surface area contributed by atoms with Crippen molar-refractivity contribution in [1.82, 2.24) is 14.9 Å². The number of likely N-dealkylation sites (tertiary alicyclic amines) is 1. The quantitative estimate of drug-likeness (QED) is 0.666. The number of nitrogen functional groups attached to an aromatic ring is 1. The van der Waals surface area contributed by atoms with Crippen LogP contribution in [0.2, 0.25) is 0 Å². The Morgan fingerprint density at radius 1 is 1.35 bits per heavy atom. The number of hydrogen-bond acceptors (Lipinski definition) is 6. The van der Waals surface area contributed by atoms with Gasteiger partial charge in [0.15, 0.2) is 11.6 Å². The minimum atomic E-state index is 0.194. The molecule has 3 heterocycles. The van der Waals surface area contributed by atoms with Gasteiger partial charge in [-0.05, 0) is 24.3 Å². The van der Waals surface area contributed by atoms with E-state index < -0.39 is 0 Å². The first kappa shape index (κ1) is 13.3. The van der Waals surface area contributed by atoms with Gasteiger partial charge in [-0.3, -0.25) is 4.79 Å². The summed E-state index contributed by atoms with van der Waals surface area (Å²) in [5.41, 5.74) is 2.61. The van der Waals surface area contributed by atoms with Gasteiger partial charge >= 0.3 is 0 Å². The number of nitrogens with one attached hydrogen (secondary N) is 1. The van der Waals surface area contributed by atoms with E-state index in [-0.39, 0.29) is 5.91 Å². The average Bonchev–Trinajstić information content (AvgIpc) is 2.84. The molecule has 0 spiro atoms. The zero-order valence-electron chi connectivity index (χ0n) is 11.1. The lowest BCUT2D eigenvalue weighted by Crippen LogP contribution is -2.30. The van der Waals surface area contributed by atoms with Crippen molar-refractivity contribution >= 4 is 33.3 Å². The van der Waals surface area contributed by atoms with Crippen LogP contribution in [0.4, 0.5) is 5.82 Å². The third-order valence-electron chi connectivity index (χ3n) is 3.51. The summed E-state index contributed by atoms with van der Waals surface area (Å²) in [6.45, 7) is 1.25. The highest BCUT2D eigenvalue weighted by atomic mass is 32.1. The molecule has 7 heteroatoms. The normalized spacial score (nSPS) is 16.4. The summed E-state index contributed by atoms with van der Waals surface area (Å²) in [6, 6.07) is 1.94. The fourth-order valence-corrected chi connectivity index (χ4v) is 3.24. The monoisotopic (exact) mass is 291 g/mol. The molecule has 0 radical (unpaired) electrons. The van der Waals surface area contributed by atoms with Crippen molar-refractivity contribution in [2.45, 2.75) is 32.2 Å². The molecule has 0 aliphatic carbocycles. The zero-order valence-corrected chi connectivity index (χ0v) is 11.9. The second-order valence-electron chi connectivity index (χ2n) is 4.90. The molecule has 1 aliphatic heterocycles. The van der Waals surface area contributed by atoms with E-state index in [9.17, 15) is 4.79 Å². The van der Waals surface area contributed by atoms with Gasteiger partial charge in [-0.1, -0.05) is 6.42 Å². The van der Waals surface area contributed by atoms with Crippen LogP contribution in [0, 0.1) is 0 Å². The van der Waals surface area contributed by atoms with Gasteiger partial charge in [0, 0.05) is 13.0 Å². The SMILES string of the molecule is NNc1nc(CN2CCCCCC2=O)nc2sccc12. The van der Waals surface area contributed by atoms with Gasteiger partial charge in [0.25, 0.3) is 0 Å². The predicted octanol–water partition coefficient (Wildman–Crippen LogP) is 1.88. The highest BCUT2D eigenvalue weighted by Gasteiger charge is 2.18. The van der Waals surface area contributed by atoms with Crippen molar-refractivity contribution in [3.05, 3.63) is 17.3 Å². The number of nitrogens with zero attached hydrogens (tertiary/aromatic N) is 3. The van der Waals surface area contributed by atoms with Crippen LogP contribution in [0.3, 0.4) is 0 Å². The Hall–Kier alpha value is -1.73. The van der Waals surface area contributed by atoms with Crippen LogP contribution < -0.4 is 11.3 Å². The largest absolute Gasteiger partial charge is 0.335 e. The van der Waals surface area contributed by atoms with Gasteiger partial charge in [-0.2, -0.15) is 0 Å². The molecule has 0 unspecified atom stereocenters. The first-order valence-corrected chi connectivity index (χ1v) is 7.64. The number of hydrazine groups is 1. The van der Waals surface area contributed by atoms with Crippen molar-refractivity contribution in [3.63, 3.8) is 0 Å². The average molecular weight is 291 g/mol. The Bertz CT molecular complexity index is 626. The standard InChI is InChI=1S/C13H17N5OS/c14-17-12-9-5-7-20-13(9)16-10(15-12)8-18-6-3-1-2-4-11(18)19/h5,7H,1-4,6,8,14H2,(H,15,16,17). The van der Waals surface area contributed by atoms with Gasteiger partial charge in [0.1, 0.15) is 4.83 Å². The van der Waals surface area contributed by atoms with Crippen LogP contribution in [0.1, 0.15) is 31.5 Å². The fourth-order valence-electron chi connectivity index (χ4n) is 2.46. The van der Waals surface area contributed by atoms with Gasteiger partial charge in [0.05, 0.1) is 11.9 Å². The van der Waals surface area contributed by atoms with E-state index in [0.29, 0.717) is 24.6 Å². The van der Waals surface area contributed by atoms with Gasteiger partial charge in [-0.15, -0.1) is 11.3 Å². The van der Waals surface area contributed by atoms with Crippen LogP contribution in [-0.4, -0.2) is 27.3 Å². The lowest BCUT2D eigenvalue weighted by molar-refractivity contribution is -0.131. The number of aromatic nitrogens is 2.